The first kappa shape index (κ1) is 19.6. The van der Waals surface area contributed by atoms with Crippen LogP contribution in [0.5, 0.6) is 0 Å². The molecule has 2 aliphatic heterocycles. The Hall–Kier alpha value is -2.68. The van der Waals surface area contributed by atoms with Gasteiger partial charge in [-0.05, 0) is 31.1 Å². The molecule has 29 heavy (non-hydrogen) atoms. The summed E-state index contributed by atoms with van der Waals surface area (Å²) in [5.74, 6) is -0.545. The number of hydrogen-bond donors (Lipinski definition) is 1. The molecule has 1 saturated heterocycles. The molecule has 0 saturated carbocycles. The van der Waals surface area contributed by atoms with E-state index in [9.17, 15) is 9.59 Å². The second-order valence-corrected chi connectivity index (χ2v) is 7.69. The summed E-state index contributed by atoms with van der Waals surface area (Å²) in [6.45, 7) is 4.94. The van der Waals surface area contributed by atoms with E-state index in [4.69, 9.17) is 14.6 Å². The molecule has 1 amide bonds. The van der Waals surface area contributed by atoms with Crippen molar-refractivity contribution in [2.75, 3.05) is 26.4 Å². The molecule has 0 unspecified atom stereocenters. The number of esters is 1. The van der Waals surface area contributed by atoms with E-state index in [-0.39, 0.29) is 23.6 Å². The van der Waals surface area contributed by atoms with Crippen LogP contribution in [0.15, 0.2) is 16.9 Å². The highest BCUT2D eigenvalue weighted by atomic mass is 16.5. The number of aromatic nitrogens is 3. The van der Waals surface area contributed by atoms with Gasteiger partial charge in [0, 0.05) is 38.8 Å². The van der Waals surface area contributed by atoms with Crippen LogP contribution in [0, 0.1) is 5.41 Å². The second kappa shape index (κ2) is 8.36. The summed E-state index contributed by atoms with van der Waals surface area (Å²) in [6.07, 6.45) is 5.27. The van der Waals surface area contributed by atoms with E-state index in [1.165, 1.54) is 12.3 Å². The quantitative estimate of drug-likeness (QED) is 0.579. The number of carbonyl (C=O) groups is 2. The topological polar surface area (TPSA) is 108 Å². The minimum absolute atomic E-state index is 0.0153. The number of nitrogens with one attached hydrogen (secondary N) is 1. The Morgan fingerprint density at radius 2 is 2.21 bits per heavy atom. The molecule has 0 bridgehead atoms. The summed E-state index contributed by atoms with van der Waals surface area (Å²) in [4.78, 5) is 24.7. The van der Waals surface area contributed by atoms with Gasteiger partial charge in [-0.25, -0.2) is 4.79 Å². The third-order valence-electron chi connectivity index (χ3n) is 5.81. The van der Waals surface area contributed by atoms with E-state index in [1.54, 1.807) is 0 Å². The standard InChI is InChI=1S/C20H26N4O5/c1-2-14-17-16(12-20(13-21-18(17)25)5-10-27-11-6-20)24(22-14)7-3-8-28-19(26)15-4-9-29-23-15/h4,9H,2-3,5-8,10-13H2,1H3,(H,21,25). The first-order valence-electron chi connectivity index (χ1n) is 10.1. The van der Waals surface area contributed by atoms with Crippen molar-refractivity contribution in [2.45, 2.75) is 45.6 Å². The Kier molecular flexibility index (Phi) is 5.66. The molecule has 156 valence electrons. The first-order valence-corrected chi connectivity index (χ1v) is 10.1. The van der Waals surface area contributed by atoms with Crippen molar-refractivity contribution in [2.24, 2.45) is 5.41 Å². The highest BCUT2D eigenvalue weighted by molar-refractivity contribution is 5.97. The van der Waals surface area contributed by atoms with Gasteiger partial charge in [0.05, 0.1) is 23.6 Å². The summed E-state index contributed by atoms with van der Waals surface area (Å²) in [5, 5.41) is 11.4. The Balaban J connectivity index is 1.47. The SMILES string of the molecule is CCc1nn(CCCOC(=O)c2ccon2)c2c1C(=O)NCC1(CCOCC1)C2. The normalized spacial score (nSPS) is 18.2. The number of nitrogens with zero attached hydrogens (tertiary/aromatic N) is 3. The highest BCUT2D eigenvalue weighted by Crippen LogP contribution is 2.37. The predicted molar refractivity (Wildman–Crippen MR) is 102 cm³/mol. The lowest BCUT2D eigenvalue weighted by molar-refractivity contribution is 0.0152. The van der Waals surface area contributed by atoms with Crippen LogP contribution in [0.3, 0.4) is 0 Å². The van der Waals surface area contributed by atoms with Crippen molar-refractivity contribution in [1.82, 2.24) is 20.3 Å². The molecule has 4 heterocycles. The van der Waals surface area contributed by atoms with Crippen LogP contribution >= 0.6 is 0 Å². The lowest BCUT2D eigenvalue weighted by Gasteiger charge is -2.36. The van der Waals surface area contributed by atoms with Gasteiger partial charge in [0.2, 0.25) is 0 Å². The van der Waals surface area contributed by atoms with Crippen LogP contribution in [0.2, 0.25) is 0 Å². The predicted octanol–water partition coefficient (Wildman–Crippen LogP) is 1.76. The number of aryl methyl sites for hydroxylation is 2. The van der Waals surface area contributed by atoms with Gasteiger partial charge in [-0.1, -0.05) is 12.1 Å². The van der Waals surface area contributed by atoms with Crippen molar-refractivity contribution in [3.05, 3.63) is 35.0 Å². The summed E-state index contributed by atoms with van der Waals surface area (Å²) >= 11 is 0. The summed E-state index contributed by atoms with van der Waals surface area (Å²) in [6, 6.07) is 1.47. The highest BCUT2D eigenvalue weighted by Gasteiger charge is 2.39. The van der Waals surface area contributed by atoms with Gasteiger partial charge in [-0.3, -0.25) is 9.48 Å². The Labute approximate surface area is 168 Å². The maximum Gasteiger partial charge on any atom is 0.360 e. The van der Waals surface area contributed by atoms with Gasteiger partial charge in [0.15, 0.2) is 5.69 Å². The van der Waals surface area contributed by atoms with Gasteiger partial charge in [-0.2, -0.15) is 5.10 Å². The summed E-state index contributed by atoms with van der Waals surface area (Å²) in [7, 11) is 0. The third-order valence-corrected chi connectivity index (χ3v) is 5.81. The first-order chi connectivity index (χ1) is 14.1. The second-order valence-electron chi connectivity index (χ2n) is 7.69. The van der Waals surface area contributed by atoms with Crippen LogP contribution < -0.4 is 5.32 Å². The fourth-order valence-electron chi connectivity index (χ4n) is 4.13. The van der Waals surface area contributed by atoms with Crippen LogP contribution in [-0.2, 0) is 28.9 Å². The molecule has 0 aromatic carbocycles. The summed E-state index contributed by atoms with van der Waals surface area (Å²) < 4.78 is 17.4. The molecule has 2 aromatic heterocycles. The van der Waals surface area contributed by atoms with E-state index in [1.807, 2.05) is 11.6 Å². The molecule has 9 nitrogen and oxygen atoms in total. The third kappa shape index (κ3) is 4.05. The van der Waals surface area contributed by atoms with Crippen molar-refractivity contribution >= 4 is 11.9 Å². The van der Waals surface area contributed by atoms with Crippen molar-refractivity contribution < 1.29 is 23.6 Å². The van der Waals surface area contributed by atoms with Gasteiger partial charge in [-0.15, -0.1) is 0 Å². The smallest absolute Gasteiger partial charge is 0.360 e. The summed E-state index contributed by atoms with van der Waals surface area (Å²) in [5.41, 5.74) is 2.70. The molecule has 1 N–H and O–H groups in total. The van der Waals surface area contributed by atoms with Crippen molar-refractivity contribution in [3.63, 3.8) is 0 Å². The van der Waals surface area contributed by atoms with Crippen LogP contribution in [-0.4, -0.2) is 53.2 Å². The lowest BCUT2D eigenvalue weighted by atomic mass is 9.76. The zero-order valence-corrected chi connectivity index (χ0v) is 16.6. The fraction of sp³-hybridized carbons (Fsp3) is 0.600. The van der Waals surface area contributed by atoms with Crippen molar-refractivity contribution in [1.29, 1.82) is 0 Å². The average Bonchev–Trinajstić information content (AvgIpc) is 3.36. The fourth-order valence-corrected chi connectivity index (χ4v) is 4.13. The minimum atomic E-state index is -0.507. The van der Waals surface area contributed by atoms with Gasteiger partial charge in [0.1, 0.15) is 6.26 Å². The number of ether oxygens (including phenoxy) is 2. The Morgan fingerprint density at radius 1 is 1.38 bits per heavy atom. The number of amides is 1. The van der Waals surface area contributed by atoms with E-state index >= 15 is 0 Å². The molecule has 0 radical (unpaired) electrons. The molecule has 2 aromatic rings. The molecule has 2 aliphatic rings. The number of hydrogen-bond acceptors (Lipinski definition) is 7. The van der Waals surface area contributed by atoms with Gasteiger partial charge < -0.3 is 19.3 Å². The molecule has 4 rings (SSSR count). The largest absolute Gasteiger partial charge is 0.461 e. The maximum absolute atomic E-state index is 12.8. The molecular weight excluding hydrogens is 376 g/mol. The minimum Gasteiger partial charge on any atom is -0.461 e. The number of fused-ring (bicyclic) bond motifs is 1. The average molecular weight is 402 g/mol. The van der Waals surface area contributed by atoms with E-state index in [2.05, 4.69) is 15.0 Å². The van der Waals surface area contributed by atoms with Gasteiger partial charge >= 0.3 is 5.97 Å². The Morgan fingerprint density at radius 3 is 2.93 bits per heavy atom. The molecule has 9 heteroatoms. The monoisotopic (exact) mass is 402 g/mol. The van der Waals surface area contributed by atoms with Crippen LogP contribution in [0.4, 0.5) is 0 Å². The zero-order valence-electron chi connectivity index (χ0n) is 16.6. The van der Waals surface area contributed by atoms with Crippen LogP contribution in [0.1, 0.15) is 58.4 Å². The number of carbonyl (C=O) groups excluding carboxylic acids is 2. The molecule has 0 aliphatic carbocycles. The van der Waals surface area contributed by atoms with E-state index < -0.39 is 5.97 Å². The Bertz CT molecular complexity index is 868. The number of rotatable bonds is 6. The molecule has 1 spiro atoms. The van der Waals surface area contributed by atoms with Gasteiger partial charge in [0.25, 0.3) is 5.91 Å². The van der Waals surface area contributed by atoms with E-state index in [0.717, 1.165) is 49.4 Å². The zero-order chi connectivity index (χ0) is 20.3. The molecular formula is C20H26N4O5. The molecule has 1 fully saturated rings. The van der Waals surface area contributed by atoms with Crippen LogP contribution in [0.25, 0.3) is 0 Å². The van der Waals surface area contributed by atoms with E-state index in [0.29, 0.717) is 25.9 Å². The molecule has 0 atom stereocenters. The lowest BCUT2D eigenvalue weighted by Crippen LogP contribution is -2.40. The van der Waals surface area contributed by atoms with Crippen molar-refractivity contribution in [3.8, 4) is 0 Å². The maximum atomic E-state index is 12.8.